The lowest BCUT2D eigenvalue weighted by Gasteiger charge is -2.48. The third-order valence-electron chi connectivity index (χ3n) is 11.9. The molecule has 2 aromatic heterocycles. The van der Waals surface area contributed by atoms with Crippen molar-refractivity contribution in [2.45, 2.75) is 38.5 Å². The predicted octanol–water partition coefficient (Wildman–Crippen LogP) is 13.3. The quantitative estimate of drug-likeness (QED) is 0.184. The summed E-state index contributed by atoms with van der Waals surface area (Å²) in [5.41, 5.74) is 10.5. The van der Waals surface area contributed by atoms with E-state index in [1.54, 1.807) is 0 Å². The van der Waals surface area contributed by atoms with Gasteiger partial charge in [0.05, 0.1) is 0 Å². The summed E-state index contributed by atoms with van der Waals surface area (Å²) < 4.78 is 2.72. The molecular formula is C49H37N3S. The average molecular weight is 700 g/mol. The van der Waals surface area contributed by atoms with Gasteiger partial charge in [-0.15, -0.1) is 11.3 Å². The van der Waals surface area contributed by atoms with Crippen LogP contribution >= 0.6 is 11.3 Å². The number of thiophene rings is 1. The Morgan fingerprint density at radius 1 is 0.434 bits per heavy atom. The lowest BCUT2D eigenvalue weighted by atomic mass is 9.55. The molecule has 0 spiro atoms. The molecule has 0 amide bonds. The molecule has 254 valence electrons. The van der Waals surface area contributed by atoms with Crippen LogP contribution in [0.3, 0.4) is 0 Å². The van der Waals surface area contributed by atoms with Crippen molar-refractivity contribution in [2.24, 2.45) is 0 Å². The van der Waals surface area contributed by atoms with Crippen LogP contribution in [0.25, 0.3) is 87.4 Å². The Balaban J connectivity index is 1.13. The number of rotatable bonds is 4. The highest BCUT2D eigenvalue weighted by atomic mass is 32.1. The number of hydrogen-bond acceptors (Lipinski definition) is 4. The monoisotopic (exact) mass is 699 g/mol. The van der Waals surface area contributed by atoms with Crippen molar-refractivity contribution in [3.8, 4) is 56.4 Å². The van der Waals surface area contributed by atoms with Gasteiger partial charge in [-0.25, -0.2) is 15.0 Å². The molecule has 9 aromatic rings. The first kappa shape index (κ1) is 31.7. The molecular weight excluding hydrogens is 663 g/mol. The van der Waals surface area contributed by atoms with Crippen molar-refractivity contribution in [1.82, 2.24) is 15.0 Å². The fraction of sp³-hybridized carbons (Fsp3) is 0.122. The summed E-state index contributed by atoms with van der Waals surface area (Å²) in [6.45, 7) is 9.68. The molecule has 0 saturated heterocycles. The summed E-state index contributed by atoms with van der Waals surface area (Å²) in [6.07, 6.45) is 0. The van der Waals surface area contributed by atoms with Crippen LogP contribution in [0.1, 0.15) is 38.8 Å². The van der Waals surface area contributed by atoms with E-state index in [-0.39, 0.29) is 10.8 Å². The molecule has 3 nitrogen and oxygen atoms in total. The average Bonchev–Trinajstić information content (AvgIpc) is 3.60. The summed E-state index contributed by atoms with van der Waals surface area (Å²) >= 11 is 1.94. The lowest BCUT2D eigenvalue weighted by Crippen LogP contribution is -2.43. The van der Waals surface area contributed by atoms with Gasteiger partial charge >= 0.3 is 0 Å². The van der Waals surface area contributed by atoms with E-state index in [0.29, 0.717) is 17.5 Å². The predicted molar refractivity (Wildman–Crippen MR) is 223 cm³/mol. The zero-order chi connectivity index (χ0) is 35.9. The Kier molecular flexibility index (Phi) is 7.05. The van der Waals surface area contributed by atoms with Crippen LogP contribution in [-0.4, -0.2) is 15.0 Å². The van der Waals surface area contributed by atoms with Crippen LogP contribution in [0.4, 0.5) is 0 Å². The minimum atomic E-state index is -0.122. The summed E-state index contributed by atoms with van der Waals surface area (Å²) in [6, 6.07) is 54.2. The molecule has 53 heavy (non-hydrogen) atoms. The minimum absolute atomic E-state index is 0.102. The van der Waals surface area contributed by atoms with E-state index in [1.807, 2.05) is 72.0 Å². The Labute approximate surface area is 313 Å². The van der Waals surface area contributed by atoms with E-state index < -0.39 is 0 Å². The first-order chi connectivity index (χ1) is 25.8. The van der Waals surface area contributed by atoms with Crippen LogP contribution in [0, 0.1) is 0 Å². The van der Waals surface area contributed by atoms with Crippen molar-refractivity contribution in [2.75, 3.05) is 0 Å². The Morgan fingerprint density at radius 2 is 1.02 bits per heavy atom. The van der Waals surface area contributed by atoms with E-state index in [2.05, 4.69) is 119 Å². The smallest absolute Gasteiger partial charge is 0.164 e. The molecule has 2 heterocycles. The maximum atomic E-state index is 5.02. The highest BCUT2D eigenvalue weighted by Crippen LogP contribution is 2.57. The maximum absolute atomic E-state index is 5.02. The van der Waals surface area contributed by atoms with Gasteiger partial charge in [0, 0.05) is 42.4 Å². The van der Waals surface area contributed by atoms with Crippen molar-refractivity contribution in [3.63, 3.8) is 0 Å². The summed E-state index contributed by atoms with van der Waals surface area (Å²) in [5.74, 6) is 1.99. The number of benzene rings is 7. The second-order valence-corrected chi connectivity index (χ2v) is 16.3. The molecule has 0 radical (unpaired) electrons. The second kappa shape index (κ2) is 11.8. The SMILES string of the molecule is CC1(C)c2cc(-c3cccc(-c4nc(-c5ccccc5)nc(-c5ccccc5)n4)c3)ccc2-c2c(ccc3c2sc2ccc4ccccc4c23)C1(C)C. The van der Waals surface area contributed by atoms with Gasteiger partial charge in [0.2, 0.25) is 0 Å². The molecule has 0 bridgehead atoms. The third kappa shape index (κ3) is 4.89. The van der Waals surface area contributed by atoms with Gasteiger partial charge in [0.1, 0.15) is 0 Å². The highest BCUT2D eigenvalue weighted by Gasteiger charge is 2.46. The normalized spacial score (nSPS) is 14.3. The van der Waals surface area contributed by atoms with E-state index in [9.17, 15) is 0 Å². The molecule has 7 aromatic carbocycles. The summed E-state index contributed by atoms with van der Waals surface area (Å²) in [7, 11) is 0. The van der Waals surface area contributed by atoms with Gasteiger partial charge in [-0.3, -0.25) is 0 Å². The molecule has 0 N–H and O–H groups in total. The summed E-state index contributed by atoms with van der Waals surface area (Å²) in [5, 5.41) is 5.33. The first-order valence-corrected chi connectivity index (χ1v) is 19.1. The molecule has 0 aliphatic heterocycles. The zero-order valence-corrected chi connectivity index (χ0v) is 31.0. The van der Waals surface area contributed by atoms with Gasteiger partial charge in [-0.2, -0.15) is 0 Å². The Morgan fingerprint density at radius 3 is 1.74 bits per heavy atom. The van der Waals surface area contributed by atoms with Gasteiger partial charge in [0.15, 0.2) is 17.5 Å². The van der Waals surface area contributed by atoms with Crippen LogP contribution in [0.15, 0.2) is 152 Å². The lowest BCUT2D eigenvalue weighted by molar-refractivity contribution is 0.299. The molecule has 1 aliphatic carbocycles. The van der Waals surface area contributed by atoms with E-state index in [0.717, 1.165) is 22.3 Å². The molecule has 0 fully saturated rings. The molecule has 0 atom stereocenters. The van der Waals surface area contributed by atoms with Gasteiger partial charge in [-0.05, 0) is 67.6 Å². The third-order valence-corrected chi connectivity index (χ3v) is 13.1. The van der Waals surface area contributed by atoms with Gasteiger partial charge in [-0.1, -0.05) is 161 Å². The standard InChI is InChI=1S/C49H37N3S/c1-48(2)39-26-25-38-42-36-21-12-11-14-30(36)23-27-41(42)53-44(38)43(39)37-24-22-34(29-40(37)49(48,3)4)33-19-13-20-35(28-33)47-51-45(31-15-7-5-8-16-31)50-46(52-47)32-17-9-6-10-18-32/h5-29H,1-4H3. The fourth-order valence-corrected chi connectivity index (χ4v) is 9.59. The van der Waals surface area contributed by atoms with Crippen LogP contribution in [0.2, 0.25) is 0 Å². The zero-order valence-electron chi connectivity index (χ0n) is 30.2. The fourth-order valence-electron chi connectivity index (χ4n) is 8.31. The molecule has 1 aliphatic rings. The van der Waals surface area contributed by atoms with Crippen molar-refractivity contribution in [3.05, 3.63) is 163 Å². The largest absolute Gasteiger partial charge is 0.208 e. The minimum Gasteiger partial charge on any atom is -0.208 e. The molecule has 0 unspecified atom stereocenters. The molecule has 10 rings (SSSR count). The Hall–Kier alpha value is -5.97. The second-order valence-electron chi connectivity index (χ2n) is 15.3. The number of fused-ring (bicyclic) bond motifs is 9. The van der Waals surface area contributed by atoms with Crippen LogP contribution < -0.4 is 0 Å². The van der Waals surface area contributed by atoms with Gasteiger partial charge in [0.25, 0.3) is 0 Å². The van der Waals surface area contributed by atoms with Crippen LogP contribution in [0.5, 0.6) is 0 Å². The number of hydrogen-bond donors (Lipinski definition) is 0. The topological polar surface area (TPSA) is 38.7 Å². The van der Waals surface area contributed by atoms with Gasteiger partial charge < -0.3 is 0 Å². The molecule has 0 saturated carbocycles. The first-order valence-electron chi connectivity index (χ1n) is 18.3. The van der Waals surface area contributed by atoms with Crippen molar-refractivity contribution in [1.29, 1.82) is 0 Å². The van der Waals surface area contributed by atoms with E-state index >= 15 is 0 Å². The maximum Gasteiger partial charge on any atom is 0.164 e. The molecule has 4 heteroatoms. The summed E-state index contributed by atoms with van der Waals surface area (Å²) in [4.78, 5) is 14.9. The number of nitrogens with zero attached hydrogens (tertiary/aromatic N) is 3. The van der Waals surface area contributed by atoms with Crippen molar-refractivity contribution >= 4 is 42.3 Å². The van der Waals surface area contributed by atoms with E-state index in [4.69, 9.17) is 15.0 Å². The Bertz CT molecular complexity index is 2830. The van der Waals surface area contributed by atoms with E-state index in [1.165, 1.54) is 58.8 Å². The van der Waals surface area contributed by atoms with Crippen molar-refractivity contribution < 1.29 is 0 Å². The highest BCUT2D eigenvalue weighted by molar-refractivity contribution is 7.26. The van der Waals surface area contributed by atoms with Crippen LogP contribution in [-0.2, 0) is 10.8 Å². The number of aromatic nitrogens is 3.